The molecule has 0 radical (unpaired) electrons. The molecule has 3 aromatic rings. The summed E-state index contributed by atoms with van der Waals surface area (Å²) in [4.78, 5) is 7.39. The normalized spacial score (nSPS) is 12.7. The second-order valence-electron chi connectivity index (χ2n) is 4.05. The largest absolute Gasteiger partial charge is 0.497 e. The number of aromatic amines is 1. The molecular formula is C13H12N2O3S. The summed E-state index contributed by atoms with van der Waals surface area (Å²) in [5.41, 5.74) is 2.47. The van der Waals surface area contributed by atoms with Gasteiger partial charge in [0.1, 0.15) is 5.75 Å². The fourth-order valence-electron chi connectivity index (χ4n) is 1.79. The molecule has 0 aliphatic rings. The van der Waals surface area contributed by atoms with Crippen molar-refractivity contribution in [3.8, 4) is 5.75 Å². The summed E-state index contributed by atoms with van der Waals surface area (Å²) >= 11 is 0. The van der Waals surface area contributed by atoms with E-state index in [9.17, 15) is 4.21 Å². The third kappa shape index (κ3) is 2.39. The van der Waals surface area contributed by atoms with Crippen molar-refractivity contribution in [2.45, 2.75) is 10.9 Å². The van der Waals surface area contributed by atoms with Crippen molar-refractivity contribution in [2.75, 3.05) is 7.11 Å². The Kier molecular flexibility index (Phi) is 3.08. The third-order valence-electron chi connectivity index (χ3n) is 2.76. The van der Waals surface area contributed by atoms with Crippen molar-refractivity contribution in [2.24, 2.45) is 0 Å². The maximum Gasteiger partial charge on any atom is 0.197 e. The molecule has 1 aromatic carbocycles. The Morgan fingerprint density at radius 3 is 3.05 bits per heavy atom. The Bertz CT molecular complexity index is 719. The van der Waals surface area contributed by atoms with Gasteiger partial charge in [-0.05, 0) is 18.2 Å². The molecule has 3 rings (SSSR count). The van der Waals surface area contributed by atoms with Crippen molar-refractivity contribution in [1.29, 1.82) is 0 Å². The standard InChI is InChI=1S/C13H12N2O3S/c1-17-10-2-3-11-12(6-10)15-13(14-11)19(16)8-9-4-5-18-7-9/h2-7H,8H2,1H3,(H,14,15). The maximum absolute atomic E-state index is 12.2. The Morgan fingerprint density at radius 2 is 2.32 bits per heavy atom. The van der Waals surface area contributed by atoms with Crippen LogP contribution in [0.5, 0.6) is 5.75 Å². The zero-order valence-corrected chi connectivity index (χ0v) is 11.1. The van der Waals surface area contributed by atoms with Crippen molar-refractivity contribution in [3.05, 3.63) is 42.4 Å². The average molecular weight is 276 g/mol. The smallest absolute Gasteiger partial charge is 0.197 e. The van der Waals surface area contributed by atoms with Gasteiger partial charge in [0.25, 0.3) is 0 Å². The third-order valence-corrected chi connectivity index (χ3v) is 3.98. The summed E-state index contributed by atoms with van der Waals surface area (Å²) in [5, 5.41) is 0.462. The van der Waals surface area contributed by atoms with Crippen LogP contribution in [-0.4, -0.2) is 21.3 Å². The molecule has 0 saturated heterocycles. The fraction of sp³-hybridized carbons (Fsp3) is 0.154. The fourth-order valence-corrected chi connectivity index (χ4v) is 2.82. The lowest BCUT2D eigenvalue weighted by molar-refractivity contribution is 0.415. The lowest BCUT2D eigenvalue weighted by Gasteiger charge is -1.96. The summed E-state index contributed by atoms with van der Waals surface area (Å²) in [6.07, 6.45) is 3.15. The summed E-state index contributed by atoms with van der Waals surface area (Å²) < 4.78 is 22.3. The average Bonchev–Trinajstić information content (AvgIpc) is 3.05. The van der Waals surface area contributed by atoms with Crippen LogP contribution in [-0.2, 0) is 16.6 Å². The van der Waals surface area contributed by atoms with E-state index in [1.807, 2.05) is 18.2 Å². The predicted octanol–water partition coefficient (Wildman–Crippen LogP) is 2.47. The van der Waals surface area contributed by atoms with Crippen LogP contribution in [0.2, 0.25) is 0 Å². The van der Waals surface area contributed by atoms with Gasteiger partial charge in [0.05, 0.1) is 47.2 Å². The number of H-pyrrole nitrogens is 1. The molecule has 0 aliphatic carbocycles. The molecule has 1 unspecified atom stereocenters. The molecule has 0 aliphatic heterocycles. The molecule has 0 fully saturated rings. The van der Waals surface area contributed by atoms with E-state index in [0.29, 0.717) is 10.9 Å². The summed E-state index contributed by atoms with van der Waals surface area (Å²) in [6, 6.07) is 7.29. The lowest BCUT2D eigenvalue weighted by Crippen LogP contribution is -1.97. The zero-order valence-electron chi connectivity index (χ0n) is 10.3. The number of furan rings is 1. The lowest BCUT2D eigenvalue weighted by atomic mass is 10.3. The Morgan fingerprint density at radius 1 is 1.42 bits per heavy atom. The van der Waals surface area contributed by atoms with Gasteiger partial charge >= 0.3 is 0 Å². The van der Waals surface area contributed by atoms with Crippen molar-refractivity contribution in [1.82, 2.24) is 9.97 Å². The molecule has 6 heteroatoms. The van der Waals surface area contributed by atoms with E-state index in [4.69, 9.17) is 9.15 Å². The van der Waals surface area contributed by atoms with Crippen LogP contribution in [0, 0.1) is 0 Å². The van der Waals surface area contributed by atoms with E-state index in [0.717, 1.165) is 22.3 Å². The first kappa shape index (κ1) is 12.0. The highest BCUT2D eigenvalue weighted by Crippen LogP contribution is 2.20. The molecule has 2 aromatic heterocycles. The van der Waals surface area contributed by atoms with Crippen LogP contribution in [0.15, 0.2) is 46.4 Å². The van der Waals surface area contributed by atoms with Crippen molar-refractivity contribution >= 4 is 21.8 Å². The Hall–Kier alpha value is -2.08. The van der Waals surface area contributed by atoms with Crippen LogP contribution in [0.1, 0.15) is 5.56 Å². The number of fused-ring (bicyclic) bond motifs is 1. The number of methoxy groups -OCH3 is 1. The predicted molar refractivity (Wildman–Crippen MR) is 71.5 cm³/mol. The van der Waals surface area contributed by atoms with E-state index in [-0.39, 0.29) is 0 Å². The summed E-state index contributed by atoms with van der Waals surface area (Å²) in [6.45, 7) is 0. The topological polar surface area (TPSA) is 68.1 Å². The second-order valence-corrected chi connectivity index (χ2v) is 5.41. The van der Waals surface area contributed by atoms with Crippen LogP contribution < -0.4 is 4.74 Å². The van der Waals surface area contributed by atoms with Gasteiger partial charge in [-0.15, -0.1) is 0 Å². The number of imidazole rings is 1. The molecule has 19 heavy (non-hydrogen) atoms. The maximum atomic E-state index is 12.2. The minimum absolute atomic E-state index is 0.382. The monoisotopic (exact) mass is 276 g/mol. The van der Waals surface area contributed by atoms with Gasteiger partial charge in [0.2, 0.25) is 0 Å². The number of hydrogen-bond acceptors (Lipinski definition) is 4. The highest BCUT2D eigenvalue weighted by molar-refractivity contribution is 7.84. The molecule has 0 spiro atoms. The Balaban J connectivity index is 1.90. The molecule has 1 atom stereocenters. The highest BCUT2D eigenvalue weighted by Gasteiger charge is 2.11. The number of ether oxygens (including phenoxy) is 1. The van der Waals surface area contributed by atoms with Gasteiger partial charge in [0, 0.05) is 11.6 Å². The molecule has 98 valence electrons. The number of rotatable bonds is 4. The molecule has 1 N–H and O–H groups in total. The SMILES string of the molecule is COc1ccc2nc(S(=O)Cc3ccoc3)[nH]c2c1. The second kappa shape index (κ2) is 4.89. The van der Waals surface area contributed by atoms with Crippen LogP contribution >= 0.6 is 0 Å². The highest BCUT2D eigenvalue weighted by atomic mass is 32.2. The summed E-state index contributed by atoms with van der Waals surface area (Å²) in [5.74, 6) is 1.12. The Labute approximate surface area is 112 Å². The number of nitrogens with one attached hydrogen (secondary N) is 1. The number of hydrogen-bond donors (Lipinski definition) is 1. The molecule has 0 amide bonds. The van der Waals surface area contributed by atoms with Crippen LogP contribution in [0.4, 0.5) is 0 Å². The van der Waals surface area contributed by atoms with Gasteiger partial charge in [-0.2, -0.15) is 0 Å². The minimum Gasteiger partial charge on any atom is -0.497 e. The van der Waals surface area contributed by atoms with E-state index >= 15 is 0 Å². The van der Waals surface area contributed by atoms with Crippen LogP contribution in [0.25, 0.3) is 11.0 Å². The molecule has 5 nitrogen and oxygen atoms in total. The van der Waals surface area contributed by atoms with Gasteiger partial charge in [-0.1, -0.05) is 0 Å². The quantitative estimate of drug-likeness (QED) is 0.795. The first-order chi connectivity index (χ1) is 9.26. The molecule has 0 saturated carbocycles. The van der Waals surface area contributed by atoms with E-state index < -0.39 is 10.8 Å². The van der Waals surface area contributed by atoms with E-state index in [1.54, 1.807) is 25.7 Å². The van der Waals surface area contributed by atoms with Gasteiger partial charge in [0.15, 0.2) is 5.16 Å². The molecule has 0 bridgehead atoms. The first-order valence-electron chi connectivity index (χ1n) is 5.69. The molecule has 2 heterocycles. The minimum atomic E-state index is -1.22. The van der Waals surface area contributed by atoms with Crippen molar-refractivity contribution < 1.29 is 13.4 Å². The van der Waals surface area contributed by atoms with E-state index in [1.165, 1.54) is 0 Å². The molecular weight excluding hydrogens is 264 g/mol. The van der Waals surface area contributed by atoms with Gasteiger partial charge in [-0.25, -0.2) is 4.98 Å². The summed E-state index contributed by atoms with van der Waals surface area (Å²) in [7, 11) is 0.385. The van der Waals surface area contributed by atoms with E-state index in [2.05, 4.69) is 9.97 Å². The van der Waals surface area contributed by atoms with Crippen molar-refractivity contribution in [3.63, 3.8) is 0 Å². The van der Waals surface area contributed by atoms with Gasteiger partial charge < -0.3 is 14.1 Å². The van der Waals surface area contributed by atoms with Crippen LogP contribution in [0.3, 0.4) is 0 Å². The number of aromatic nitrogens is 2. The first-order valence-corrected chi connectivity index (χ1v) is 7.01. The number of nitrogens with zero attached hydrogens (tertiary/aromatic N) is 1. The zero-order chi connectivity index (χ0) is 13.2. The van der Waals surface area contributed by atoms with Gasteiger partial charge in [-0.3, -0.25) is 4.21 Å². The number of benzene rings is 1.